The fourth-order valence-electron chi connectivity index (χ4n) is 5.06. The summed E-state index contributed by atoms with van der Waals surface area (Å²) in [5.74, 6) is -1.39. The van der Waals surface area contributed by atoms with Gasteiger partial charge in [-0.05, 0) is 54.7 Å². The van der Waals surface area contributed by atoms with Crippen molar-refractivity contribution in [3.05, 3.63) is 101 Å². The summed E-state index contributed by atoms with van der Waals surface area (Å²) in [5.41, 5.74) is 14.7. The molecule has 14 heteroatoms. The molecule has 254 valence electrons. The molecule has 4 aromatic rings. The second-order valence-corrected chi connectivity index (χ2v) is 13.4. The number of fused-ring (bicyclic) bond motifs is 1. The molecule has 2 atom stereocenters. The Balaban J connectivity index is 1.46. The van der Waals surface area contributed by atoms with Crippen LogP contribution in [0.3, 0.4) is 0 Å². The van der Waals surface area contributed by atoms with Gasteiger partial charge in [-0.1, -0.05) is 54.6 Å². The van der Waals surface area contributed by atoms with Gasteiger partial charge in [0.1, 0.15) is 24.2 Å². The molecule has 0 bridgehead atoms. The van der Waals surface area contributed by atoms with Crippen molar-refractivity contribution >= 4 is 44.5 Å². The van der Waals surface area contributed by atoms with Crippen molar-refractivity contribution in [1.29, 1.82) is 5.41 Å². The van der Waals surface area contributed by atoms with Gasteiger partial charge in [-0.2, -0.15) is 0 Å². The number of carbonyl (C=O) groups excluding carboxylic acids is 3. The van der Waals surface area contributed by atoms with Gasteiger partial charge in [0.05, 0.1) is 5.75 Å². The largest absolute Gasteiger partial charge is 0.489 e. The highest BCUT2D eigenvalue weighted by molar-refractivity contribution is 7.89. The molecule has 4 rings (SSSR count). The summed E-state index contributed by atoms with van der Waals surface area (Å²) >= 11 is 0. The lowest BCUT2D eigenvalue weighted by molar-refractivity contribution is -0.130. The smallest absolute Gasteiger partial charge is 0.242 e. The van der Waals surface area contributed by atoms with Crippen LogP contribution in [0.25, 0.3) is 10.9 Å². The summed E-state index contributed by atoms with van der Waals surface area (Å²) in [6.45, 7) is 2.00. The minimum absolute atomic E-state index is 0.0459. The lowest BCUT2D eigenvalue weighted by Crippen LogP contribution is -2.49. The van der Waals surface area contributed by atoms with Crippen LogP contribution in [0.5, 0.6) is 5.75 Å². The third-order valence-electron chi connectivity index (χ3n) is 7.67. The van der Waals surface area contributed by atoms with E-state index in [1.807, 2.05) is 48.5 Å². The summed E-state index contributed by atoms with van der Waals surface area (Å²) in [5, 5.41) is 13.7. The Hall–Kier alpha value is -5.21. The fraction of sp³-hybridized carbons (Fsp3) is 0.294. The molecular weight excluding hydrogens is 634 g/mol. The first kappa shape index (κ1) is 35.6. The maximum atomic E-state index is 13.3. The number of carbonyl (C=O) groups is 3. The van der Waals surface area contributed by atoms with Gasteiger partial charge in [0.15, 0.2) is 0 Å². The van der Waals surface area contributed by atoms with Gasteiger partial charge >= 0.3 is 0 Å². The number of H-pyrrole nitrogens is 1. The lowest BCUT2D eigenvalue weighted by atomic mass is 10.0. The quantitative estimate of drug-likeness (QED) is 0.0615. The highest BCUT2D eigenvalue weighted by Crippen LogP contribution is 2.26. The molecule has 0 spiro atoms. The summed E-state index contributed by atoms with van der Waals surface area (Å²) in [6, 6.07) is 20.1. The minimum atomic E-state index is -3.71. The first-order valence-corrected chi connectivity index (χ1v) is 17.1. The summed E-state index contributed by atoms with van der Waals surface area (Å²) < 4.78 is 33.9. The number of amides is 3. The molecule has 0 saturated carbocycles. The van der Waals surface area contributed by atoms with Gasteiger partial charge in [0, 0.05) is 48.1 Å². The predicted octanol–water partition coefficient (Wildman–Crippen LogP) is 2.34. The standard InChI is InChI=1S/C34H41N7O6S/c1-2-48(45,46)41-26(16-25-20-38-29-13-12-27(18-28(25)29)47-21-23-6-4-3-5-7-23)17-32(43)40-30(14-15-31(35)42)34(44)39-19-22-8-10-24(11-9-22)33(36)37/h3-13,18,20,26,30,38,41H,2,14-17,19,21H2,1H3,(H2,35,42)(H3,36,37)(H,39,44)(H,40,43). The van der Waals surface area contributed by atoms with E-state index in [1.54, 1.807) is 30.5 Å². The number of nitrogen functional groups attached to an aromatic ring is 1. The molecule has 0 fully saturated rings. The van der Waals surface area contributed by atoms with E-state index in [1.165, 1.54) is 6.92 Å². The number of amidine groups is 1. The number of hydrogen-bond donors (Lipinski definition) is 7. The highest BCUT2D eigenvalue weighted by atomic mass is 32.2. The summed E-state index contributed by atoms with van der Waals surface area (Å²) in [7, 11) is -3.71. The second kappa shape index (κ2) is 16.6. The zero-order chi connectivity index (χ0) is 34.7. The predicted molar refractivity (Wildman–Crippen MR) is 183 cm³/mol. The Bertz CT molecular complexity index is 1840. The van der Waals surface area contributed by atoms with Crippen molar-refractivity contribution in [2.24, 2.45) is 11.5 Å². The van der Waals surface area contributed by atoms with Crippen LogP contribution in [0.2, 0.25) is 0 Å². The molecule has 2 unspecified atom stereocenters. The van der Waals surface area contributed by atoms with E-state index in [2.05, 4.69) is 20.3 Å². The van der Waals surface area contributed by atoms with Crippen molar-refractivity contribution in [3.63, 3.8) is 0 Å². The third kappa shape index (κ3) is 10.7. The number of sulfonamides is 1. The third-order valence-corrected chi connectivity index (χ3v) is 9.13. The zero-order valence-electron chi connectivity index (χ0n) is 26.6. The average Bonchev–Trinajstić information content (AvgIpc) is 3.46. The van der Waals surface area contributed by atoms with E-state index in [0.29, 0.717) is 17.9 Å². The van der Waals surface area contributed by atoms with E-state index < -0.39 is 39.8 Å². The maximum absolute atomic E-state index is 13.3. The minimum Gasteiger partial charge on any atom is -0.489 e. The molecule has 0 saturated heterocycles. The molecule has 1 heterocycles. The van der Waals surface area contributed by atoms with Crippen LogP contribution in [0.4, 0.5) is 0 Å². The van der Waals surface area contributed by atoms with E-state index in [-0.39, 0.29) is 43.8 Å². The van der Waals surface area contributed by atoms with Gasteiger partial charge in [0.25, 0.3) is 0 Å². The SMILES string of the molecule is CCS(=O)(=O)NC(CC(=O)NC(CCC(N)=O)C(=O)NCc1ccc(C(=N)N)cc1)Cc1c[nH]c2ccc(OCc3ccccc3)cc12. The van der Waals surface area contributed by atoms with Crippen LogP contribution in [0.15, 0.2) is 79.0 Å². The van der Waals surface area contributed by atoms with Crippen molar-refractivity contribution in [2.75, 3.05) is 5.75 Å². The van der Waals surface area contributed by atoms with Gasteiger partial charge in [0.2, 0.25) is 27.7 Å². The molecule has 0 aliphatic rings. The molecule has 1 aromatic heterocycles. The number of ether oxygens (including phenoxy) is 1. The number of rotatable bonds is 18. The Kier molecular flexibility index (Phi) is 12.3. The first-order chi connectivity index (χ1) is 22.9. The number of hydrogen-bond acceptors (Lipinski definition) is 7. The Morgan fingerprint density at radius 3 is 2.38 bits per heavy atom. The van der Waals surface area contributed by atoms with Crippen molar-refractivity contribution in [2.45, 2.75) is 57.8 Å². The van der Waals surface area contributed by atoms with Crippen LogP contribution in [0, 0.1) is 5.41 Å². The molecule has 0 aliphatic heterocycles. The van der Waals surface area contributed by atoms with Gasteiger partial charge in [-0.25, -0.2) is 13.1 Å². The van der Waals surface area contributed by atoms with E-state index in [9.17, 15) is 22.8 Å². The normalized spacial score (nSPS) is 12.6. The number of aromatic nitrogens is 1. The fourth-order valence-corrected chi connectivity index (χ4v) is 5.90. The second-order valence-electron chi connectivity index (χ2n) is 11.4. The van der Waals surface area contributed by atoms with Crippen LogP contribution >= 0.6 is 0 Å². The van der Waals surface area contributed by atoms with Crippen molar-refractivity contribution < 1.29 is 27.5 Å². The van der Waals surface area contributed by atoms with E-state index >= 15 is 0 Å². The number of nitrogens with one attached hydrogen (secondary N) is 5. The highest BCUT2D eigenvalue weighted by Gasteiger charge is 2.26. The number of aromatic amines is 1. The molecule has 9 N–H and O–H groups in total. The van der Waals surface area contributed by atoms with Gasteiger partial charge in [-0.15, -0.1) is 0 Å². The van der Waals surface area contributed by atoms with E-state index in [4.69, 9.17) is 21.6 Å². The first-order valence-electron chi connectivity index (χ1n) is 15.5. The van der Waals surface area contributed by atoms with Gasteiger partial charge in [-0.3, -0.25) is 19.8 Å². The molecule has 13 nitrogen and oxygen atoms in total. The Morgan fingerprint density at radius 1 is 0.979 bits per heavy atom. The molecule has 3 amide bonds. The molecule has 48 heavy (non-hydrogen) atoms. The lowest BCUT2D eigenvalue weighted by Gasteiger charge is -2.21. The molecular formula is C34H41N7O6S. The Labute approximate surface area is 279 Å². The number of primary amides is 1. The topological polar surface area (TPSA) is 222 Å². The average molecular weight is 676 g/mol. The number of nitrogens with two attached hydrogens (primary N) is 2. The van der Waals surface area contributed by atoms with Crippen LogP contribution < -0.4 is 31.6 Å². The van der Waals surface area contributed by atoms with Crippen LogP contribution in [0.1, 0.15) is 48.4 Å². The van der Waals surface area contributed by atoms with Crippen molar-refractivity contribution in [1.82, 2.24) is 20.3 Å². The molecule has 0 aliphatic carbocycles. The summed E-state index contributed by atoms with van der Waals surface area (Å²) in [6.07, 6.45) is 1.46. The zero-order valence-corrected chi connectivity index (χ0v) is 27.4. The maximum Gasteiger partial charge on any atom is 0.242 e. The van der Waals surface area contributed by atoms with Crippen LogP contribution in [-0.4, -0.2) is 54.8 Å². The van der Waals surface area contributed by atoms with Gasteiger partial charge < -0.3 is 31.8 Å². The molecule has 3 aromatic carbocycles. The number of benzene rings is 3. The molecule has 0 radical (unpaired) electrons. The monoisotopic (exact) mass is 675 g/mol. The Morgan fingerprint density at radius 2 is 1.71 bits per heavy atom. The van der Waals surface area contributed by atoms with Crippen LogP contribution in [-0.2, 0) is 44.0 Å². The summed E-state index contributed by atoms with van der Waals surface area (Å²) in [4.78, 5) is 41.2. The van der Waals surface area contributed by atoms with E-state index in [0.717, 1.165) is 27.6 Å². The van der Waals surface area contributed by atoms with Crippen molar-refractivity contribution in [3.8, 4) is 5.75 Å².